The van der Waals surface area contributed by atoms with Gasteiger partial charge < -0.3 is 14.8 Å². The minimum Gasteiger partial charge on any atom is -0.493 e. The summed E-state index contributed by atoms with van der Waals surface area (Å²) in [5.74, 6) is -0.531. The Kier molecular flexibility index (Phi) is 9.09. The third-order valence-corrected chi connectivity index (χ3v) is 5.39. The molecule has 3 aromatic rings. The smallest absolute Gasteiger partial charge is 0.269 e. The number of benzene rings is 3. The molecule has 0 aliphatic carbocycles. The summed E-state index contributed by atoms with van der Waals surface area (Å²) < 4.78 is 10.7. The SMILES string of the molecule is CCOc1ccc(C(=O)NNC(=O)CC(NC(=O)c2ccccc2Cl)c2ccccc2)cc1OC. The van der Waals surface area contributed by atoms with Gasteiger partial charge in [-0.2, -0.15) is 0 Å². The molecular weight excluding hydrogens is 470 g/mol. The van der Waals surface area contributed by atoms with Crippen molar-refractivity contribution in [2.24, 2.45) is 0 Å². The largest absolute Gasteiger partial charge is 0.493 e. The molecule has 0 aliphatic heterocycles. The molecule has 9 heteroatoms. The molecular formula is C26H26ClN3O5. The average molecular weight is 496 g/mol. The van der Waals surface area contributed by atoms with Crippen LogP contribution >= 0.6 is 11.6 Å². The van der Waals surface area contributed by atoms with Gasteiger partial charge in [0.25, 0.3) is 11.8 Å². The lowest BCUT2D eigenvalue weighted by atomic mass is 10.0. The second kappa shape index (κ2) is 12.4. The number of methoxy groups -OCH3 is 1. The fraction of sp³-hybridized carbons (Fsp3) is 0.192. The van der Waals surface area contributed by atoms with Crippen molar-refractivity contribution in [3.63, 3.8) is 0 Å². The summed E-state index contributed by atoms with van der Waals surface area (Å²) in [6.45, 7) is 2.29. The minimum absolute atomic E-state index is 0.118. The molecule has 0 saturated carbocycles. The summed E-state index contributed by atoms with van der Waals surface area (Å²) >= 11 is 6.14. The highest BCUT2D eigenvalue weighted by Crippen LogP contribution is 2.28. The summed E-state index contributed by atoms with van der Waals surface area (Å²) in [5.41, 5.74) is 6.08. The molecule has 0 spiro atoms. The highest BCUT2D eigenvalue weighted by molar-refractivity contribution is 6.33. The van der Waals surface area contributed by atoms with E-state index in [-0.39, 0.29) is 12.0 Å². The van der Waals surface area contributed by atoms with Crippen molar-refractivity contribution < 1.29 is 23.9 Å². The van der Waals surface area contributed by atoms with Crippen LogP contribution in [0.25, 0.3) is 0 Å². The van der Waals surface area contributed by atoms with Crippen molar-refractivity contribution in [2.45, 2.75) is 19.4 Å². The fourth-order valence-corrected chi connectivity index (χ4v) is 3.56. The summed E-state index contributed by atoms with van der Waals surface area (Å²) in [7, 11) is 1.47. The van der Waals surface area contributed by atoms with Crippen LogP contribution in [0.2, 0.25) is 5.02 Å². The third-order valence-electron chi connectivity index (χ3n) is 5.06. The van der Waals surface area contributed by atoms with Gasteiger partial charge in [-0.1, -0.05) is 54.1 Å². The van der Waals surface area contributed by atoms with Crippen LogP contribution in [-0.2, 0) is 4.79 Å². The number of ether oxygens (including phenoxy) is 2. The summed E-state index contributed by atoms with van der Waals surface area (Å²) in [6.07, 6.45) is -0.118. The van der Waals surface area contributed by atoms with Crippen LogP contribution in [0, 0.1) is 0 Å². The second-order valence-corrected chi connectivity index (χ2v) is 7.83. The first kappa shape index (κ1) is 25.6. The molecule has 0 heterocycles. The van der Waals surface area contributed by atoms with E-state index in [1.165, 1.54) is 13.2 Å². The summed E-state index contributed by atoms with van der Waals surface area (Å²) in [4.78, 5) is 38.0. The number of carbonyl (C=O) groups is 3. The van der Waals surface area contributed by atoms with Crippen molar-refractivity contribution in [1.82, 2.24) is 16.2 Å². The number of amides is 3. The van der Waals surface area contributed by atoms with E-state index in [9.17, 15) is 14.4 Å². The Hall–Kier alpha value is -4.04. The van der Waals surface area contributed by atoms with Crippen LogP contribution in [-0.4, -0.2) is 31.4 Å². The average Bonchev–Trinajstić information content (AvgIpc) is 2.88. The van der Waals surface area contributed by atoms with Gasteiger partial charge in [-0.25, -0.2) is 0 Å². The first-order valence-corrected chi connectivity index (χ1v) is 11.3. The van der Waals surface area contributed by atoms with Gasteiger partial charge in [-0.05, 0) is 42.8 Å². The van der Waals surface area contributed by atoms with Gasteiger partial charge in [0.05, 0.1) is 36.8 Å². The first-order chi connectivity index (χ1) is 16.9. The minimum atomic E-state index is -0.651. The van der Waals surface area contributed by atoms with E-state index in [2.05, 4.69) is 16.2 Å². The highest BCUT2D eigenvalue weighted by atomic mass is 35.5. The van der Waals surface area contributed by atoms with E-state index < -0.39 is 23.8 Å². The Balaban J connectivity index is 1.66. The van der Waals surface area contributed by atoms with Crippen LogP contribution in [0.5, 0.6) is 11.5 Å². The maximum atomic E-state index is 12.8. The topological polar surface area (TPSA) is 106 Å². The predicted octanol–water partition coefficient (Wildman–Crippen LogP) is 4.07. The van der Waals surface area contributed by atoms with Gasteiger partial charge in [0.15, 0.2) is 11.5 Å². The summed E-state index contributed by atoms with van der Waals surface area (Å²) in [5, 5.41) is 3.15. The highest BCUT2D eigenvalue weighted by Gasteiger charge is 2.21. The zero-order chi connectivity index (χ0) is 25.2. The van der Waals surface area contributed by atoms with E-state index in [1.54, 1.807) is 48.5 Å². The van der Waals surface area contributed by atoms with Gasteiger partial charge >= 0.3 is 0 Å². The van der Waals surface area contributed by atoms with Crippen LogP contribution in [0.4, 0.5) is 0 Å². The second-order valence-electron chi connectivity index (χ2n) is 7.42. The molecule has 3 aromatic carbocycles. The lowest BCUT2D eigenvalue weighted by molar-refractivity contribution is -0.122. The number of nitrogens with one attached hydrogen (secondary N) is 3. The molecule has 3 rings (SSSR count). The van der Waals surface area contributed by atoms with E-state index in [4.69, 9.17) is 21.1 Å². The van der Waals surface area contributed by atoms with Crippen LogP contribution in [0.15, 0.2) is 72.8 Å². The van der Waals surface area contributed by atoms with Crippen molar-refractivity contribution in [3.8, 4) is 11.5 Å². The summed E-state index contributed by atoms with van der Waals surface area (Å²) in [6, 6.07) is 19.8. The van der Waals surface area contributed by atoms with E-state index in [0.717, 1.165) is 5.56 Å². The predicted molar refractivity (Wildman–Crippen MR) is 132 cm³/mol. The molecule has 0 aliphatic rings. The lowest BCUT2D eigenvalue weighted by Crippen LogP contribution is -2.43. The molecule has 0 fully saturated rings. The van der Waals surface area contributed by atoms with Crippen molar-refractivity contribution in [2.75, 3.05) is 13.7 Å². The number of halogens is 1. The molecule has 182 valence electrons. The fourth-order valence-electron chi connectivity index (χ4n) is 3.34. The molecule has 3 amide bonds. The van der Waals surface area contributed by atoms with Crippen LogP contribution in [0.1, 0.15) is 45.7 Å². The Morgan fingerprint density at radius 3 is 2.29 bits per heavy atom. The monoisotopic (exact) mass is 495 g/mol. The quantitative estimate of drug-likeness (QED) is 0.388. The Bertz CT molecular complexity index is 1190. The lowest BCUT2D eigenvalue weighted by Gasteiger charge is -2.19. The zero-order valence-corrected chi connectivity index (χ0v) is 20.1. The van der Waals surface area contributed by atoms with Crippen LogP contribution < -0.4 is 25.6 Å². The maximum Gasteiger partial charge on any atom is 0.269 e. The molecule has 0 aromatic heterocycles. The van der Waals surface area contributed by atoms with Gasteiger partial charge in [-0.15, -0.1) is 0 Å². The van der Waals surface area contributed by atoms with Crippen molar-refractivity contribution in [1.29, 1.82) is 0 Å². The number of hydrazine groups is 1. The third kappa shape index (κ3) is 6.97. The van der Waals surface area contributed by atoms with Crippen molar-refractivity contribution >= 4 is 29.3 Å². The molecule has 8 nitrogen and oxygen atoms in total. The Labute approximate surface area is 208 Å². The van der Waals surface area contributed by atoms with E-state index >= 15 is 0 Å². The Morgan fingerprint density at radius 1 is 0.886 bits per heavy atom. The van der Waals surface area contributed by atoms with E-state index in [1.807, 2.05) is 25.1 Å². The maximum absolute atomic E-state index is 12.8. The first-order valence-electron chi connectivity index (χ1n) is 10.9. The number of rotatable bonds is 9. The molecule has 1 unspecified atom stereocenters. The van der Waals surface area contributed by atoms with Gasteiger partial charge in [0.1, 0.15) is 0 Å². The van der Waals surface area contributed by atoms with Gasteiger partial charge in [0, 0.05) is 5.56 Å². The van der Waals surface area contributed by atoms with Crippen LogP contribution in [0.3, 0.4) is 0 Å². The van der Waals surface area contributed by atoms with Gasteiger partial charge in [0.2, 0.25) is 5.91 Å². The molecule has 0 radical (unpaired) electrons. The van der Waals surface area contributed by atoms with Gasteiger partial charge in [-0.3, -0.25) is 25.2 Å². The normalized spacial score (nSPS) is 11.2. The molecule has 0 saturated heterocycles. The number of hydrogen-bond acceptors (Lipinski definition) is 5. The van der Waals surface area contributed by atoms with E-state index in [0.29, 0.717) is 28.7 Å². The molecule has 1 atom stereocenters. The Morgan fingerprint density at radius 2 is 1.60 bits per heavy atom. The molecule has 35 heavy (non-hydrogen) atoms. The van der Waals surface area contributed by atoms with Crippen molar-refractivity contribution in [3.05, 3.63) is 94.5 Å². The molecule has 3 N–H and O–H groups in total. The zero-order valence-electron chi connectivity index (χ0n) is 19.3. The molecule has 0 bridgehead atoms. The number of hydrogen-bond donors (Lipinski definition) is 3. The number of carbonyl (C=O) groups excluding carboxylic acids is 3. The standard InChI is InChI=1S/C26H26ClN3O5/c1-3-35-22-14-13-18(15-23(22)34-2)25(32)30-29-24(31)16-21(17-9-5-4-6-10-17)28-26(33)19-11-7-8-12-20(19)27/h4-15,21H,3,16H2,1-2H3,(H,28,33)(H,29,31)(H,30,32).